The first kappa shape index (κ1) is 20.6. The lowest BCUT2D eigenvalue weighted by molar-refractivity contribution is -0.140. The van der Waals surface area contributed by atoms with Crippen LogP contribution in [0.25, 0.3) is 0 Å². The summed E-state index contributed by atoms with van der Waals surface area (Å²) >= 11 is 0. The summed E-state index contributed by atoms with van der Waals surface area (Å²) in [5.74, 6) is -2.28. The van der Waals surface area contributed by atoms with Gasteiger partial charge < -0.3 is 15.0 Å². The molecule has 1 unspecified atom stereocenters. The molecule has 166 valence electrons. The standard InChI is InChI=1S/C24H20N4O5/c1-4-33-22(31)18-20-25-21(30)14-9-5-7-11-16(14)28(20)26-19(13(2)29)24(18)15-10-6-8-12-17(15)27(3)23(24)32/h5-12H,4H2,1-3H3,(H,25,30). The molecular formula is C24H20N4O5. The van der Waals surface area contributed by atoms with Crippen LogP contribution in [-0.2, 0) is 24.5 Å². The molecule has 0 radical (unpaired) electrons. The van der Waals surface area contributed by atoms with Crippen LogP contribution in [0, 0.1) is 0 Å². The van der Waals surface area contributed by atoms with E-state index in [-0.39, 0.29) is 23.7 Å². The zero-order valence-corrected chi connectivity index (χ0v) is 18.2. The maximum atomic E-state index is 13.9. The predicted molar refractivity (Wildman–Crippen MR) is 120 cm³/mol. The average Bonchev–Trinajstić information content (AvgIpc) is 3.02. The van der Waals surface area contributed by atoms with Crippen LogP contribution in [0.5, 0.6) is 0 Å². The molecule has 2 aromatic rings. The number of hydrazone groups is 1. The van der Waals surface area contributed by atoms with Gasteiger partial charge in [0.05, 0.1) is 17.9 Å². The number of carbonyl (C=O) groups excluding carboxylic acids is 4. The van der Waals surface area contributed by atoms with Crippen LogP contribution in [0.15, 0.2) is 65.0 Å². The molecule has 2 aromatic carbocycles. The Bertz CT molecular complexity index is 1330. The predicted octanol–water partition coefficient (Wildman–Crippen LogP) is 1.88. The van der Waals surface area contributed by atoms with Gasteiger partial charge in [-0.2, -0.15) is 5.10 Å². The van der Waals surface area contributed by atoms with E-state index in [2.05, 4.69) is 10.4 Å². The van der Waals surface area contributed by atoms with Crippen molar-refractivity contribution in [1.82, 2.24) is 5.32 Å². The molecule has 3 heterocycles. The Morgan fingerprint density at radius 3 is 2.42 bits per heavy atom. The number of amides is 2. The Hall–Kier alpha value is -4.27. The van der Waals surface area contributed by atoms with Gasteiger partial charge in [0, 0.05) is 25.2 Å². The van der Waals surface area contributed by atoms with Gasteiger partial charge in [-0.1, -0.05) is 30.3 Å². The summed E-state index contributed by atoms with van der Waals surface area (Å²) < 4.78 is 5.36. The fraction of sp³-hybridized carbons (Fsp3) is 0.208. The topological polar surface area (TPSA) is 108 Å². The van der Waals surface area contributed by atoms with Crippen LogP contribution in [0.1, 0.15) is 29.8 Å². The zero-order valence-electron chi connectivity index (χ0n) is 18.2. The molecule has 2 amide bonds. The van der Waals surface area contributed by atoms with Crippen LogP contribution in [0.4, 0.5) is 11.4 Å². The van der Waals surface area contributed by atoms with E-state index in [1.54, 1.807) is 62.5 Å². The molecule has 33 heavy (non-hydrogen) atoms. The number of benzene rings is 2. The summed E-state index contributed by atoms with van der Waals surface area (Å²) in [4.78, 5) is 54.7. The summed E-state index contributed by atoms with van der Waals surface area (Å²) in [7, 11) is 1.57. The van der Waals surface area contributed by atoms with Crippen molar-refractivity contribution in [3.63, 3.8) is 0 Å². The highest BCUT2D eigenvalue weighted by Gasteiger charge is 2.63. The van der Waals surface area contributed by atoms with Gasteiger partial charge in [0.2, 0.25) is 5.91 Å². The quantitative estimate of drug-likeness (QED) is 0.725. The Morgan fingerprint density at radius 2 is 1.73 bits per heavy atom. The van der Waals surface area contributed by atoms with Crippen LogP contribution >= 0.6 is 0 Å². The second-order valence-corrected chi connectivity index (χ2v) is 7.86. The number of rotatable bonds is 3. The number of nitrogens with zero attached hydrogens (tertiary/aromatic N) is 3. The van der Waals surface area contributed by atoms with E-state index < -0.39 is 29.0 Å². The van der Waals surface area contributed by atoms with Crippen LogP contribution in [0.2, 0.25) is 0 Å². The normalized spacial score (nSPS) is 20.8. The lowest BCUT2D eigenvalue weighted by Gasteiger charge is -2.41. The average molecular weight is 444 g/mol. The summed E-state index contributed by atoms with van der Waals surface area (Å²) in [5.41, 5.74) is -0.448. The molecular weight excluding hydrogens is 424 g/mol. The second-order valence-electron chi connectivity index (χ2n) is 7.86. The Kier molecular flexibility index (Phi) is 4.45. The molecule has 0 aromatic heterocycles. The van der Waals surface area contributed by atoms with Gasteiger partial charge in [0.15, 0.2) is 11.2 Å². The molecule has 0 aliphatic carbocycles. The van der Waals surface area contributed by atoms with E-state index in [0.29, 0.717) is 22.5 Å². The molecule has 0 saturated carbocycles. The molecule has 0 fully saturated rings. The number of ketones is 1. The van der Waals surface area contributed by atoms with E-state index in [0.717, 1.165) is 0 Å². The summed E-state index contributed by atoms with van der Waals surface area (Å²) in [6.45, 7) is 2.98. The molecule has 1 spiro atoms. The third kappa shape index (κ3) is 2.56. The highest BCUT2D eigenvalue weighted by molar-refractivity contribution is 6.51. The van der Waals surface area contributed by atoms with Crippen molar-refractivity contribution in [2.75, 3.05) is 23.6 Å². The van der Waals surface area contributed by atoms with Gasteiger partial charge in [0.1, 0.15) is 17.1 Å². The van der Waals surface area contributed by atoms with Crippen molar-refractivity contribution < 1.29 is 23.9 Å². The second kappa shape index (κ2) is 7.13. The van der Waals surface area contributed by atoms with E-state index in [1.807, 2.05) is 0 Å². The number of esters is 1. The maximum absolute atomic E-state index is 13.9. The number of nitrogens with one attached hydrogen (secondary N) is 1. The van der Waals surface area contributed by atoms with Crippen molar-refractivity contribution in [3.8, 4) is 0 Å². The molecule has 9 heteroatoms. The van der Waals surface area contributed by atoms with Crippen molar-refractivity contribution in [1.29, 1.82) is 0 Å². The van der Waals surface area contributed by atoms with Crippen molar-refractivity contribution in [2.45, 2.75) is 19.3 Å². The number of para-hydroxylation sites is 2. The number of ether oxygens (including phenoxy) is 1. The third-order valence-electron chi connectivity index (χ3n) is 6.10. The SMILES string of the molecule is CCOC(=O)C1=C2NC(=O)c3ccccc3N2N=C(C(C)=O)C12C(=O)N(C)c1ccccc12. The Balaban J connectivity index is 1.92. The first-order valence-electron chi connectivity index (χ1n) is 10.4. The van der Waals surface area contributed by atoms with Gasteiger partial charge in [0.25, 0.3) is 5.91 Å². The minimum absolute atomic E-state index is 0.000558. The van der Waals surface area contributed by atoms with Crippen LogP contribution in [0.3, 0.4) is 0 Å². The monoisotopic (exact) mass is 444 g/mol. The molecule has 3 aliphatic rings. The van der Waals surface area contributed by atoms with Gasteiger partial charge in [-0.05, 0) is 25.1 Å². The smallest absolute Gasteiger partial charge is 0.339 e. The molecule has 0 bridgehead atoms. The van der Waals surface area contributed by atoms with Gasteiger partial charge >= 0.3 is 5.97 Å². The lowest BCUT2D eigenvalue weighted by Crippen LogP contribution is -2.58. The molecule has 1 N–H and O–H groups in total. The van der Waals surface area contributed by atoms with Crippen LogP contribution < -0.4 is 15.2 Å². The lowest BCUT2D eigenvalue weighted by atomic mass is 9.68. The van der Waals surface area contributed by atoms with Gasteiger partial charge in [-0.15, -0.1) is 0 Å². The van der Waals surface area contributed by atoms with Gasteiger partial charge in [-0.25, -0.2) is 9.80 Å². The highest BCUT2D eigenvalue weighted by atomic mass is 16.5. The van der Waals surface area contributed by atoms with E-state index in [9.17, 15) is 19.2 Å². The molecule has 9 nitrogen and oxygen atoms in total. The fourth-order valence-corrected chi connectivity index (χ4v) is 4.76. The fourth-order valence-electron chi connectivity index (χ4n) is 4.76. The number of carbonyl (C=O) groups is 4. The molecule has 0 saturated heterocycles. The minimum atomic E-state index is -1.85. The Morgan fingerprint density at radius 1 is 1.06 bits per heavy atom. The summed E-state index contributed by atoms with van der Waals surface area (Å²) in [5, 5.41) is 8.61. The molecule has 5 rings (SSSR count). The first-order valence-corrected chi connectivity index (χ1v) is 10.4. The number of hydrogen-bond acceptors (Lipinski definition) is 7. The number of fused-ring (bicyclic) bond motifs is 5. The van der Waals surface area contributed by atoms with Crippen molar-refractivity contribution >= 4 is 40.7 Å². The maximum Gasteiger partial charge on any atom is 0.339 e. The van der Waals surface area contributed by atoms with Crippen LogP contribution in [-0.4, -0.2) is 42.9 Å². The number of anilines is 2. The number of Topliss-reactive ketones (excluding diaryl/α,β-unsaturated/α-hetero) is 1. The number of likely N-dealkylation sites (N-methyl/N-ethyl adjacent to an activating group) is 1. The van der Waals surface area contributed by atoms with E-state index in [4.69, 9.17) is 4.74 Å². The van der Waals surface area contributed by atoms with Crippen molar-refractivity contribution in [2.24, 2.45) is 5.10 Å². The first-order chi connectivity index (χ1) is 15.8. The highest BCUT2D eigenvalue weighted by Crippen LogP contribution is 2.51. The Labute approximate surface area is 189 Å². The van der Waals surface area contributed by atoms with Gasteiger partial charge in [-0.3, -0.25) is 14.4 Å². The molecule has 3 aliphatic heterocycles. The summed E-state index contributed by atoms with van der Waals surface area (Å²) in [6, 6.07) is 13.6. The van der Waals surface area contributed by atoms with E-state index in [1.165, 1.54) is 16.8 Å². The minimum Gasteiger partial charge on any atom is -0.462 e. The number of hydrogen-bond donors (Lipinski definition) is 1. The van der Waals surface area contributed by atoms with Crippen molar-refractivity contribution in [3.05, 3.63) is 71.1 Å². The summed E-state index contributed by atoms with van der Waals surface area (Å²) in [6.07, 6.45) is 0. The largest absolute Gasteiger partial charge is 0.462 e. The zero-order chi connectivity index (χ0) is 23.5. The third-order valence-corrected chi connectivity index (χ3v) is 6.10. The molecule has 1 atom stereocenters. The van der Waals surface area contributed by atoms with E-state index >= 15 is 0 Å².